The van der Waals surface area contributed by atoms with E-state index in [0.29, 0.717) is 18.5 Å². The van der Waals surface area contributed by atoms with Gasteiger partial charge in [-0.05, 0) is 45.3 Å². The SMILES string of the molecule is O=P(O)(CC(O)CCPP(P)P(P)P)CC1CCCCC1. The summed E-state index contributed by atoms with van der Waals surface area (Å²) in [6.45, 7) is -0.0683. The largest absolute Gasteiger partial charge is 0.393 e. The summed E-state index contributed by atoms with van der Waals surface area (Å²) >= 11 is 0. The lowest BCUT2D eigenvalue weighted by atomic mass is 9.91. The van der Waals surface area contributed by atoms with Gasteiger partial charge in [-0.1, -0.05) is 27.5 Å². The molecule has 1 fully saturated rings. The van der Waals surface area contributed by atoms with E-state index in [9.17, 15) is 14.6 Å². The fourth-order valence-electron chi connectivity index (χ4n) is 2.70. The highest BCUT2D eigenvalue weighted by Crippen LogP contribution is 2.90. The Kier molecular flexibility index (Phi) is 11.8. The molecule has 1 saturated carbocycles. The van der Waals surface area contributed by atoms with E-state index in [2.05, 4.69) is 26.8 Å². The molecule has 0 amide bonds. The maximum absolute atomic E-state index is 12.3. The Morgan fingerprint density at radius 2 is 1.86 bits per heavy atom. The normalized spacial score (nSPS) is 23.5. The van der Waals surface area contributed by atoms with Crippen LogP contribution in [0.2, 0.25) is 0 Å². The quantitative estimate of drug-likeness (QED) is 0.484. The molecule has 7 unspecified atom stereocenters. The standard InChI is InChI=1S/C11H29O3P7/c12-11(6-7-18-20(17)19(15)16)9-21(13,14)8-10-4-2-1-3-5-10/h10-12,18H,1-9,15-17H2,(H,13,14). The number of aliphatic hydroxyl groups excluding tert-OH is 1. The van der Waals surface area contributed by atoms with Crippen molar-refractivity contribution in [3.8, 4) is 0 Å². The Balaban J connectivity index is 2.24. The van der Waals surface area contributed by atoms with Crippen molar-refractivity contribution < 1.29 is 14.6 Å². The van der Waals surface area contributed by atoms with Gasteiger partial charge in [-0.2, -0.15) is 0 Å². The molecular weight excluding hydrogens is 397 g/mol. The molecule has 0 saturated heterocycles. The molecule has 0 aliphatic heterocycles. The van der Waals surface area contributed by atoms with Gasteiger partial charge in [0.1, 0.15) is 0 Å². The molecule has 0 aromatic rings. The molecule has 2 N–H and O–H groups in total. The summed E-state index contributed by atoms with van der Waals surface area (Å²) < 4.78 is 12.3. The molecule has 0 aromatic heterocycles. The molecule has 0 spiro atoms. The number of hydrogen-bond donors (Lipinski definition) is 2. The molecule has 10 heteroatoms. The van der Waals surface area contributed by atoms with Gasteiger partial charge in [-0.3, -0.25) is 4.57 Å². The second kappa shape index (κ2) is 11.4. The summed E-state index contributed by atoms with van der Waals surface area (Å²) in [7, 11) is 6.34. The fourth-order valence-corrected chi connectivity index (χ4v) is 15.2. The summed E-state index contributed by atoms with van der Waals surface area (Å²) in [6.07, 6.45) is 7.38. The third-order valence-electron chi connectivity index (χ3n) is 3.76. The first kappa shape index (κ1) is 21.8. The van der Waals surface area contributed by atoms with Crippen molar-refractivity contribution in [1.82, 2.24) is 0 Å². The third-order valence-corrected chi connectivity index (χ3v) is 31.1. The molecule has 21 heavy (non-hydrogen) atoms. The van der Waals surface area contributed by atoms with Crippen molar-refractivity contribution in [2.45, 2.75) is 44.6 Å². The topological polar surface area (TPSA) is 57.5 Å². The van der Waals surface area contributed by atoms with Gasteiger partial charge >= 0.3 is 0 Å². The third kappa shape index (κ3) is 10.3. The second-order valence-electron chi connectivity index (χ2n) is 5.79. The van der Waals surface area contributed by atoms with E-state index in [1.165, 1.54) is 19.3 Å². The molecule has 126 valence electrons. The summed E-state index contributed by atoms with van der Waals surface area (Å²) in [5.41, 5.74) is 0. The lowest BCUT2D eigenvalue weighted by molar-refractivity contribution is 0.190. The van der Waals surface area contributed by atoms with Gasteiger partial charge in [0.15, 0.2) is 0 Å². The minimum absolute atomic E-state index is 0.0247. The number of rotatable bonds is 9. The smallest absolute Gasteiger partial charge is 0.203 e. The summed E-state index contributed by atoms with van der Waals surface area (Å²) in [5, 5.41) is 10.0. The van der Waals surface area contributed by atoms with E-state index < -0.39 is 13.5 Å². The summed E-state index contributed by atoms with van der Waals surface area (Å²) in [5.74, 6) is 0.404. The lowest BCUT2D eigenvalue weighted by Gasteiger charge is -2.25. The van der Waals surface area contributed by atoms with Gasteiger partial charge in [0, 0.05) is 6.16 Å². The van der Waals surface area contributed by atoms with Crippen molar-refractivity contribution in [1.29, 1.82) is 0 Å². The zero-order valence-electron chi connectivity index (χ0n) is 12.4. The van der Waals surface area contributed by atoms with E-state index in [0.717, 1.165) is 27.3 Å². The molecule has 0 aromatic carbocycles. The van der Waals surface area contributed by atoms with Crippen LogP contribution in [0.15, 0.2) is 0 Å². The lowest BCUT2D eigenvalue weighted by Crippen LogP contribution is -2.18. The van der Waals surface area contributed by atoms with E-state index in [1.54, 1.807) is 0 Å². The highest BCUT2D eigenvalue weighted by atomic mass is 33.0. The first-order valence-electron chi connectivity index (χ1n) is 7.37. The average Bonchev–Trinajstić information content (AvgIpc) is 2.38. The van der Waals surface area contributed by atoms with Crippen molar-refractivity contribution in [3.63, 3.8) is 0 Å². The summed E-state index contributed by atoms with van der Waals surface area (Å²) in [6, 6.07) is 0. The molecule has 7 atom stereocenters. The van der Waals surface area contributed by atoms with Crippen LogP contribution in [-0.4, -0.2) is 34.6 Å². The van der Waals surface area contributed by atoms with Crippen LogP contribution in [0.5, 0.6) is 0 Å². The van der Waals surface area contributed by atoms with Crippen LogP contribution >= 0.6 is 56.4 Å². The zero-order valence-corrected chi connectivity index (χ0v) is 19.5. The minimum atomic E-state index is -3.15. The monoisotopic (exact) mass is 426 g/mol. The molecule has 0 heterocycles. The van der Waals surface area contributed by atoms with Gasteiger partial charge in [0.25, 0.3) is 0 Å². The van der Waals surface area contributed by atoms with Gasteiger partial charge < -0.3 is 10.00 Å². The van der Waals surface area contributed by atoms with Gasteiger partial charge in [-0.15, -0.1) is 26.8 Å². The van der Waals surface area contributed by atoms with Crippen LogP contribution in [0.1, 0.15) is 38.5 Å². The highest BCUT2D eigenvalue weighted by molar-refractivity contribution is 8.94. The van der Waals surface area contributed by atoms with Crippen LogP contribution in [-0.2, 0) is 4.57 Å². The zero-order chi connectivity index (χ0) is 15.9. The summed E-state index contributed by atoms with van der Waals surface area (Å²) in [4.78, 5) is 10.1. The Hall–Kier alpha value is 2.73. The molecule has 1 aliphatic rings. The van der Waals surface area contributed by atoms with Gasteiger partial charge in [0.05, 0.1) is 12.3 Å². The molecule has 3 nitrogen and oxygen atoms in total. The Morgan fingerprint density at radius 3 is 2.43 bits per heavy atom. The van der Waals surface area contributed by atoms with E-state index in [4.69, 9.17) is 0 Å². The second-order valence-corrected chi connectivity index (χ2v) is 28.8. The Morgan fingerprint density at radius 1 is 1.24 bits per heavy atom. The molecule has 1 rings (SSSR count). The first-order chi connectivity index (χ1) is 9.80. The van der Waals surface area contributed by atoms with Crippen LogP contribution in [0, 0.1) is 5.92 Å². The highest BCUT2D eigenvalue weighted by Gasteiger charge is 2.28. The van der Waals surface area contributed by atoms with Crippen LogP contribution in [0.25, 0.3) is 0 Å². The first-order valence-corrected chi connectivity index (χ1v) is 19.7. The van der Waals surface area contributed by atoms with Crippen LogP contribution in [0.3, 0.4) is 0 Å². The maximum atomic E-state index is 12.3. The predicted molar refractivity (Wildman–Crippen MR) is 113 cm³/mol. The maximum Gasteiger partial charge on any atom is 0.203 e. The van der Waals surface area contributed by atoms with Gasteiger partial charge in [0.2, 0.25) is 7.37 Å². The Labute approximate surface area is 140 Å². The molecular formula is C11H29O3P7. The van der Waals surface area contributed by atoms with Crippen molar-refractivity contribution in [3.05, 3.63) is 0 Å². The average molecular weight is 426 g/mol. The number of hydrogen-bond acceptors (Lipinski definition) is 2. The molecule has 0 bridgehead atoms. The van der Waals surface area contributed by atoms with E-state index >= 15 is 0 Å². The van der Waals surface area contributed by atoms with Crippen LogP contribution < -0.4 is 0 Å². The van der Waals surface area contributed by atoms with Crippen LogP contribution in [0.4, 0.5) is 0 Å². The Bertz CT molecular complexity index is 336. The van der Waals surface area contributed by atoms with Crippen molar-refractivity contribution >= 4 is 56.4 Å². The van der Waals surface area contributed by atoms with Crippen molar-refractivity contribution in [2.75, 3.05) is 18.5 Å². The predicted octanol–water partition coefficient (Wildman–Crippen LogP) is 5.43. The van der Waals surface area contributed by atoms with Gasteiger partial charge in [-0.25, -0.2) is 0 Å². The van der Waals surface area contributed by atoms with E-state index in [-0.39, 0.29) is 20.1 Å². The minimum Gasteiger partial charge on any atom is -0.393 e. The van der Waals surface area contributed by atoms with Crippen molar-refractivity contribution in [2.24, 2.45) is 5.92 Å². The van der Waals surface area contributed by atoms with E-state index in [1.807, 2.05) is 0 Å². The fraction of sp³-hybridized carbons (Fsp3) is 1.00. The number of aliphatic hydroxyl groups is 1. The molecule has 0 radical (unpaired) electrons. The molecule has 1 aliphatic carbocycles.